The summed E-state index contributed by atoms with van der Waals surface area (Å²) >= 11 is 0. The van der Waals surface area contributed by atoms with E-state index in [2.05, 4.69) is 0 Å². The normalized spacial score (nSPS) is 20.1. The van der Waals surface area contributed by atoms with Gasteiger partial charge in [0.25, 0.3) is 0 Å². The highest BCUT2D eigenvalue weighted by Crippen LogP contribution is 2.28. The van der Waals surface area contributed by atoms with Crippen molar-refractivity contribution in [1.29, 1.82) is 0 Å². The SMILES string of the molecule is [2H]C([2H])([2H])C([2H])([2H])c1ccc(C(F)(F)F)cc1. The molecule has 1 rings (SSSR count). The highest BCUT2D eigenvalue weighted by atomic mass is 19.4. The summed E-state index contributed by atoms with van der Waals surface area (Å²) in [5.74, 6) is 0. The number of rotatable bonds is 1. The Kier molecular flexibility index (Phi) is 1.14. The molecule has 0 aliphatic carbocycles. The minimum atomic E-state index is -4.52. The van der Waals surface area contributed by atoms with E-state index < -0.39 is 25.0 Å². The van der Waals surface area contributed by atoms with Crippen molar-refractivity contribution in [3.8, 4) is 0 Å². The molecule has 0 bridgehead atoms. The number of alkyl halides is 3. The van der Waals surface area contributed by atoms with E-state index in [1.54, 1.807) is 0 Å². The van der Waals surface area contributed by atoms with Crippen LogP contribution in [0.4, 0.5) is 13.2 Å². The highest BCUT2D eigenvalue weighted by molar-refractivity contribution is 5.24. The zero-order chi connectivity index (χ0) is 13.5. The molecule has 0 heterocycles. The lowest BCUT2D eigenvalue weighted by molar-refractivity contribution is -0.137. The maximum atomic E-state index is 12.2. The maximum absolute atomic E-state index is 12.2. The molecule has 0 radical (unpaired) electrons. The summed E-state index contributed by atoms with van der Waals surface area (Å²) in [7, 11) is 0. The average molecular weight is 179 g/mol. The molecule has 12 heavy (non-hydrogen) atoms. The molecule has 0 nitrogen and oxygen atoms in total. The van der Waals surface area contributed by atoms with Crippen LogP contribution in [0.2, 0.25) is 0 Å². The third kappa shape index (κ3) is 2.00. The average Bonchev–Trinajstić information content (AvgIpc) is 2.15. The van der Waals surface area contributed by atoms with Crippen LogP contribution in [0.3, 0.4) is 0 Å². The largest absolute Gasteiger partial charge is 0.416 e. The van der Waals surface area contributed by atoms with Gasteiger partial charge in [0.05, 0.1) is 5.56 Å². The molecule has 0 fully saturated rings. The van der Waals surface area contributed by atoms with Crippen molar-refractivity contribution in [1.82, 2.24) is 0 Å². The van der Waals surface area contributed by atoms with Crippen LogP contribution in [0.1, 0.15) is 24.8 Å². The molecule has 0 aromatic heterocycles. The molecular weight excluding hydrogens is 165 g/mol. The second-order valence-electron chi connectivity index (χ2n) is 2.20. The Hall–Kier alpha value is -0.990. The predicted molar refractivity (Wildman–Crippen MR) is 40.8 cm³/mol. The second-order valence-corrected chi connectivity index (χ2v) is 2.20. The molecule has 0 N–H and O–H groups in total. The minimum Gasteiger partial charge on any atom is -0.166 e. The van der Waals surface area contributed by atoms with E-state index in [0.717, 1.165) is 12.1 Å². The van der Waals surface area contributed by atoms with E-state index in [1.165, 1.54) is 0 Å². The third-order valence-corrected chi connectivity index (χ3v) is 1.36. The van der Waals surface area contributed by atoms with Gasteiger partial charge in [0.2, 0.25) is 0 Å². The lowest BCUT2D eigenvalue weighted by Gasteiger charge is -2.06. The van der Waals surface area contributed by atoms with Gasteiger partial charge < -0.3 is 0 Å². The van der Waals surface area contributed by atoms with E-state index in [-0.39, 0.29) is 5.56 Å². The molecule has 0 unspecified atom stereocenters. The molecule has 1 aromatic carbocycles. The molecule has 3 heteroatoms. The van der Waals surface area contributed by atoms with Crippen LogP contribution in [0.15, 0.2) is 24.3 Å². The monoisotopic (exact) mass is 179 g/mol. The molecule has 0 atom stereocenters. The number of halogens is 3. The van der Waals surface area contributed by atoms with Crippen LogP contribution >= 0.6 is 0 Å². The Bertz CT molecular complexity index is 391. The van der Waals surface area contributed by atoms with Crippen molar-refractivity contribution in [2.45, 2.75) is 19.4 Å². The Morgan fingerprint density at radius 3 is 2.33 bits per heavy atom. The molecule has 0 aliphatic rings. The van der Waals surface area contributed by atoms with Crippen LogP contribution in [-0.4, -0.2) is 0 Å². The number of hydrogen-bond donors (Lipinski definition) is 0. The summed E-state index contributed by atoms with van der Waals surface area (Å²) in [6, 6.07) is 3.02. The third-order valence-electron chi connectivity index (χ3n) is 1.36. The van der Waals surface area contributed by atoms with Gasteiger partial charge in [0.1, 0.15) is 0 Å². The fourth-order valence-corrected chi connectivity index (χ4v) is 0.743. The predicted octanol–water partition coefficient (Wildman–Crippen LogP) is 3.27. The smallest absolute Gasteiger partial charge is 0.166 e. The summed E-state index contributed by atoms with van der Waals surface area (Å²) in [5.41, 5.74) is -1.24. The summed E-state index contributed by atoms with van der Waals surface area (Å²) in [4.78, 5) is 0. The molecule has 0 saturated carbocycles. The fourth-order valence-electron chi connectivity index (χ4n) is 0.743. The van der Waals surface area contributed by atoms with E-state index in [0.29, 0.717) is 12.1 Å². The summed E-state index contributed by atoms with van der Waals surface area (Å²) in [5, 5.41) is 0. The number of aryl methyl sites for hydroxylation is 1. The van der Waals surface area contributed by atoms with Crippen molar-refractivity contribution >= 4 is 0 Å². The molecule has 0 aliphatic heterocycles. The lowest BCUT2D eigenvalue weighted by Crippen LogP contribution is -2.04. The molecular formula is C9H9F3. The topological polar surface area (TPSA) is 0 Å². The van der Waals surface area contributed by atoms with Crippen LogP contribution in [0.5, 0.6) is 0 Å². The van der Waals surface area contributed by atoms with E-state index in [9.17, 15) is 13.2 Å². The first kappa shape index (κ1) is 4.30. The van der Waals surface area contributed by atoms with Gasteiger partial charge in [-0.25, -0.2) is 0 Å². The van der Waals surface area contributed by atoms with Crippen molar-refractivity contribution in [2.24, 2.45) is 0 Å². The molecule has 1 aromatic rings. The Morgan fingerprint density at radius 2 is 1.92 bits per heavy atom. The van der Waals surface area contributed by atoms with Crippen LogP contribution in [0, 0.1) is 0 Å². The quantitative estimate of drug-likeness (QED) is 0.620. The van der Waals surface area contributed by atoms with E-state index >= 15 is 0 Å². The van der Waals surface area contributed by atoms with Crippen molar-refractivity contribution in [3.63, 3.8) is 0 Å². The molecule has 0 spiro atoms. The first-order valence-electron chi connectivity index (χ1n) is 5.64. The number of benzene rings is 1. The van der Waals surface area contributed by atoms with E-state index in [1.807, 2.05) is 0 Å². The maximum Gasteiger partial charge on any atom is 0.416 e. The Balaban J connectivity index is 3.12. The van der Waals surface area contributed by atoms with Crippen molar-refractivity contribution < 1.29 is 20.0 Å². The summed E-state index contributed by atoms with van der Waals surface area (Å²) < 4.78 is 72.4. The van der Waals surface area contributed by atoms with Gasteiger partial charge in [-0.3, -0.25) is 0 Å². The van der Waals surface area contributed by atoms with Gasteiger partial charge in [-0.05, 0) is 24.1 Å². The minimum absolute atomic E-state index is 0.300. The van der Waals surface area contributed by atoms with Gasteiger partial charge >= 0.3 is 6.18 Å². The first-order chi connectivity index (χ1) is 7.46. The summed E-state index contributed by atoms with van der Waals surface area (Å²) in [6.45, 7) is -2.92. The van der Waals surface area contributed by atoms with Crippen molar-refractivity contribution in [3.05, 3.63) is 35.4 Å². The summed E-state index contributed by atoms with van der Waals surface area (Å²) in [6.07, 6.45) is -7.19. The molecule has 0 amide bonds. The standard InChI is InChI=1S/C9H9F3/c1-2-7-3-5-8(6-4-7)9(10,11)12/h3-6H,2H2,1H3/i1D3,2D2. The van der Waals surface area contributed by atoms with Crippen LogP contribution in [-0.2, 0) is 12.5 Å². The fraction of sp³-hybridized carbons (Fsp3) is 0.333. The van der Waals surface area contributed by atoms with Gasteiger partial charge in [-0.2, -0.15) is 13.2 Å². The highest BCUT2D eigenvalue weighted by Gasteiger charge is 2.29. The zero-order valence-corrected chi connectivity index (χ0v) is 5.94. The van der Waals surface area contributed by atoms with Gasteiger partial charge in [0, 0.05) is 6.85 Å². The first-order valence-corrected chi connectivity index (χ1v) is 3.14. The Labute approximate surface area is 76.0 Å². The lowest BCUT2D eigenvalue weighted by atomic mass is 10.1. The van der Waals surface area contributed by atoms with Gasteiger partial charge in [0.15, 0.2) is 0 Å². The molecule has 0 saturated heterocycles. The molecule has 66 valence electrons. The van der Waals surface area contributed by atoms with Crippen LogP contribution in [0.25, 0.3) is 0 Å². The Morgan fingerprint density at radius 1 is 1.33 bits per heavy atom. The second kappa shape index (κ2) is 3.17. The van der Waals surface area contributed by atoms with Gasteiger partial charge in [-0.1, -0.05) is 19.0 Å². The van der Waals surface area contributed by atoms with Gasteiger partial charge in [-0.15, -0.1) is 0 Å². The van der Waals surface area contributed by atoms with Crippen LogP contribution < -0.4 is 0 Å². The zero-order valence-electron chi connectivity index (χ0n) is 10.9. The van der Waals surface area contributed by atoms with Crippen molar-refractivity contribution in [2.75, 3.05) is 0 Å². The van der Waals surface area contributed by atoms with E-state index in [4.69, 9.17) is 6.85 Å². The number of hydrogen-bond acceptors (Lipinski definition) is 0.